The van der Waals surface area contributed by atoms with E-state index in [1.54, 1.807) is 0 Å². The zero-order valence-electron chi connectivity index (χ0n) is 3.34. The van der Waals surface area contributed by atoms with E-state index in [-0.39, 0.29) is 0 Å². The molecule has 0 atom stereocenters. The zero-order valence-corrected chi connectivity index (χ0v) is 7.36. The van der Waals surface area contributed by atoms with Gasteiger partial charge in [-0.1, -0.05) is 0 Å². The van der Waals surface area contributed by atoms with Crippen LogP contribution < -0.4 is 0 Å². The second kappa shape index (κ2) is 1.65. The fourth-order valence-corrected chi connectivity index (χ4v) is 7.78. The minimum absolute atomic E-state index is 3.67. The first-order valence-corrected chi connectivity index (χ1v) is 8.08. The van der Waals surface area contributed by atoms with Gasteiger partial charge in [-0.3, -0.25) is 0 Å². The van der Waals surface area contributed by atoms with E-state index in [1.165, 1.54) is 0 Å². The van der Waals surface area contributed by atoms with Gasteiger partial charge in [0, 0.05) is 0 Å². The minimum atomic E-state index is -4.77. The van der Waals surface area contributed by atoms with Gasteiger partial charge < -0.3 is 0 Å². The zero-order chi connectivity index (χ0) is 6.41. The topological polar surface area (TPSA) is 93.1 Å². The van der Waals surface area contributed by atoms with E-state index in [9.17, 15) is 6.80 Å². The Kier molecular flexibility index (Phi) is 1.43. The summed E-state index contributed by atoms with van der Waals surface area (Å²) in [7, 11) is 0. The third-order valence-corrected chi connectivity index (χ3v) is 12.0. The summed E-state index contributed by atoms with van der Waals surface area (Å²) in [5, 5.41) is 0. The molecule has 0 amide bonds. The predicted octanol–water partition coefficient (Wildman–Crippen LogP) is -1.49. The van der Waals surface area contributed by atoms with Crippen molar-refractivity contribution in [3.8, 4) is 0 Å². The molecule has 50 valence electrons. The van der Waals surface area contributed by atoms with Crippen molar-refractivity contribution in [3.05, 3.63) is 0 Å². The summed E-state index contributed by atoms with van der Waals surface area (Å²) in [5.74, 6) is 0. The Labute approximate surface area is 52.8 Å². The van der Waals surface area contributed by atoms with Crippen LogP contribution in [0, 0.1) is 0 Å². The van der Waals surface area contributed by atoms with Gasteiger partial charge in [0.05, 0.1) is 0 Å². The van der Waals surface area contributed by atoms with Gasteiger partial charge in [-0.2, -0.15) is 0 Å². The second-order valence-corrected chi connectivity index (χ2v) is 9.82. The van der Waals surface area contributed by atoms with Gasteiger partial charge in [0.1, 0.15) is 0 Å². The van der Waals surface area contributed by atoms with Crippen LogP contribution >= 0.6 is 0 Å². The van der Waals surface area contributed by atoms with Crippen LogP contribution in [0.25, 0.3) is 0 Å². The molecule has 0 unspecified atom stereocenters. The van der Waals surface area contributed by atoms with Gasteiger partial charge >= 0.3 is 52.7 Å². The fourth-order valence-electron chi connectivity index (χ4n) is 0.222. The van der Waals surface area contributed by atoms with Crippen molar-refractivity contribution in [2.24, 2.45) is 0 Å². The quantitative estimate of drug-likeness (QED) is 0.528. The molecule has 1 saturated heterocycles. The summed E-state index contributed by atoms with van der Waals surface area (Å²) in [4.78, 5) is 0. The Morgan fingerprint density at radius 1 is 1.00 bits per heavy atom. The van der Waals surface area contributed by atoms with Crippen molar-refractivity contribution in [2.45, 2.75) is 0 Å². The van der Waals surface area contributed by atoms with E-state index < -0.39 is 34.3 Å². The van der Waals surface area contributed by atoms with Gasteiger partial charge in [0.25, 0.3) is 0 Å². The summed E-state index contributed by atoms with van der Waals surface area (Å²) in [6.07, 6.45) is 0. The predicted molar refractivity (Wildman–Crippen MR) is 7.98 cm³/mol. The molecule has 1 heterocycles. The van der Waals surface area contributed by atoms with Crippen LogP contribution in [0.5, 0.6) is 0 Å². The second-order valence-electron chi connectivity index (χ2n) is 0.992. The SMILES string of the molecule is [O]=[Mo]1([OH])[O][Mo](=[O])([OH])[O]1. The molecule has 1 rings (SSSR count). The third kappa shape index (κ3) is 1.40. The van der Waals surface area contributed by atoms with Gasteiger partial charge in [0.2, 0.25) is 0 Å². The molecule has 0 saturated carbocycles. The maximum absolute atomic E-state index is 9.96. The van der Waals surface area contributed by atoms with E-state index >= 15 is 0 Å². The van der Waals surface area contributed by atoms with Crippen molar-refractivity contribution in [2.75, 3.05) is 0 Å². The molecule has 0 bridgehead atoms. The standard InChI is InChI=1S/2Mo.2H2O.4O/h;;2*1H2;;;;/q2*+1;;;;;;/p-2. The molecule has 8 heteroatoms. The van der Waals surface area contributed by atoms with Crippen LogP contribution in [0.15, 0.2) is 0 Å². The Hall–Kier alpha value is 0.817. The molecule has 1 fully saturated rings. The van der Waals surface area contributed by atoms with Gasteiger partial charge in [0.15, 0.2) is 0 Å². The van der Waals surface area contributed by atoms with Crippen LogP contribution in [0.2, 0.25) is 0 Å². The molecule has 0 aromatic carbocycles. The van der Waals surface area contributed by atoms with Crippen molar-refractivity contribution in [1.82, 2.24) is 0 Å². The summed E-state index contributed by atoms with van der Waals surface area (Å²) >= 11 is -9.54. The number of rotatable bonds is 0. The van der Waals surface area contributed by atoms with Gasteiger partial charge in [-0.25, -0.2) is 0 Å². The van der Waals surface area contributed by atoms with Gasteiger partial charge in [-0.15, -0.1) is 0 Å². The van der Waals surface area contributed by atoms with E-state index in [2.05, 4.69) is 4.09 Å². The average Bonchev–Trinajstić information content (AvgIpc) is 1.20. The van der Waals surface area contributed by atoms with E-state index in [4.69, 9.17) is 7.52 Å². The van der Waals surface area contributed by atoms with Crippen LogP contribution in [0.1, 0.15) is 0 Å². The Bertz CT molecular complexity index is 157. The van der Waals surface area contributed by atoms with Crippen molar-refractivity contribution in [3.63, 3.8) is 0 Å². The summed E-state index contributed by atoms with van der Waals surface area (Å²) < 4.78 is 43.5. The van der Waals surface area contributed by atoms with Crippen LogP contribution in [0.3, 0.4) is 0 Å². The molecule has 1 aliphatic rings. The molecule has 2 N–H and O–H groups in total. The normalized spacial score (nSPS) is 55.2. The third-order valence-electron chi connectivity index (χ3n) is 0.344. The summed E-state index contributed by atoms with van der Waals surface area (Å²) in [6.45, 7) is 0. The molecule has 0 aromatic rings. The van der Waals surface area contributed by atoms with E-state index in [1.807, 2.05) is 0 Å². The molecule has 1 aliphatic heterocycles. The molecule has 0 radical (unpaired) electrons. The molecule has 0 aliphatic carbocycles. The van der Waals surface area contributed by atoms with E-state index in [0.717, 1.165) is 0 Å². The van der Waals surface area contributed by atoms with Crippen LogP contribution in [-0.2, 0) is 45.2 Å². The molecule has 6 nitrogen and oxygen atoms in total. The first-order valence-electron chi connectivity index (χ1n) is 1.37. The van der Waals surface area contributed by atoms with Crippen LogP contribution in [0.4, 0.5) is 0 Å². The van der Waals surface area contributed by atoms with Gasteiger partial charge in [-0.05, 0) is 0 Å². The first-order chi connectivity index (χ1) is 3.41. The number of hydrogen-bond donors (Lipinski definition) is 2. The van der Waals surface area contributed by atoms with Crippen molar-refractivity contribution in [1.29, 1.82) is 0 Å². The molecular formula is H2Mo2O6. The molecular weight excluding hydrogens is 288 g/mol. The van der Waals surface area contributed by atoms with Crippen molar-refractivity contribution < 1.29 is 52.7 Å². The molecule has 0 aromatic heterocycles. The maximum atomic E-state index is 9.96. The van der Waals surface area contributed by atoms with E-state index in [0.29, 0.717) is 0 Å². The van der Waals surface area contributed by atoms with Crippen LogP contribution in [-0.4, -0.2) is 7.52 Å². The number of hydrogen-bond acceptors (Lipinski definition) is 4. The van der Waals surface area contributed by atoms with Crippen molar-refractivity contribution >= 4 is 0 Å². The summed E-state index contributed by atoms with van der Waals surface area (Å²) in [5.41, 5.74) is 0. The molecule has 0 spiro atoms. The Morgan fingerprint density at radius 2 is 1.25 bits per heavy atom. The Morgan fingerprint density at radius 3 is 1.25 bits per heavy atom. The fraction of sp³-hybridized carbons (Fsp3) is 0. The first kappa shape index (κ1) is 6.93. The molecule has 8 heavy (non-hydrogen) atoms. The monoisotopic (exact) mass is 294 g/mol. The average molecular weight is 290 g/mol. The Balaban J connectivity index is 2.68. The summed E-state index contributed by atoms with van der Waals surface area (Å²) in [6, 6.07) is 0.